The van der Waals surface area contributed by atoms with Gasteiger partial charge in [-0.2, -0.15) is 5.10 Å². The summed E-state index contributed by atoms with van der Waals surface area (Å²) in [7, 11) is -3.47. The molecule has 20 heavy (non-hydrogen) atoms. The zero-order valence-corrected chi connectivity index (χ0v) is 13.0. The van der Waals surface area contributed by atoms with Crippen molar-refractivity contribution in [3.05, 3.63) is 12.3 Å². The number of hydrogen-bond donors (Lipinski definition) is 2. The topological polar surface area (TPSA) is 76.0 Å². The molecule has 114 valence electrons. The van der Waals surface area contributed by atoms with E-state index in [0.717, 1.165) is 19.4 Å². The number of aromatic nitrogens is 2. The van der Waals surface area contributed by atoms with Crippen LogP contribution in [0.1, 0.15) is 45.6 Å². The molecular formula is C13H24N4O2S. The SMILES string of the molecule is CC(C)n1nccc1S(=O)(=O)NCCC1CCCCN1. The standard InChI is InChI=1S/C13H24N4O2S/c1-11(2)17-13(7-9-15-17)20(18,19)16-10-6-12-5-3-4-8-14-12/h7,9,11-12,14,16H,3-6,8,10H2,1-2H3. The minimum atomic E-state index is -3.47. The zero-order chi connectivity index (χ0) is 14.6. The Balaban J connectivity index is 1.92. The largest absolute Gasteiger partial charge is 0.314 e. The van der Waals surface area contributed by atoms with Crippen LogP contribution in [0.15, 0.2) is 17.3 Å². The van der Waals surface area contributed by atoms with Crippen LogP contribution in [0.5, 0.6) is 0 Å². The van der Waals surface area contributed by atoms with Gasteiger partial charge in [-0.15, -0.1) is 0 Å². The van der Waals surface area contributed by atoms with E-state index in [1.54, 1.807) is 6.07 Å². The summed E-state index contributed by atoms with van der Waals surface area (Å²) in [6.07, 6.45) is 5.93. The Kier molecular flexibility index (Phi) is 5.17. The van der Waals surface area contributed by atoms with Gasteiger partial charge < -0.3 is 5.32 Å². The van der Waals surface area contributed by atoms with Crippen LogP contribution in [0, 0.1) is 0 Å². The van der Waals surface area contributed by atoms with Gasteiger partial charge >= 0.3 is 0 Å². The van der Waals surface area contributed by atoms with Gasteiger partial charge in [0.1, 0.15) is 0 Å². The van der Waals surface area contributed by atoms with Gasteiger partial charge in [-0.3, -0.25) is 4.68 Å². The molecule has 2 heterocycles. The summed E-state index contributed by atoms with van der Waals surface area (Å²) in [6, 6.07) is 2.00. The van der Waals surface area contributed by atoms with Gasteiger partial charge in [0.2, 0.25) is 0 Å². The van der Waals surface area contributed by atoms with E-state index in [-0.39, 0.29) is 11.1 Å². The maximum absolute atomic E-state index is 12.3. The van der Waals surface area contributed by atoms with Crippen LogP contribution in [-0.4, -0.2) is 37.3 Å². The molecule has 2 N–H and O–H groups in total. The highest BCUT2D eigenvalue weighted by Gasteiger charge is 2.21. The van der Waals surface area contributed by atoms with Crippen molar-refractivity contribution in [3.63, 3.8) is 0 Å². The molecule has 1 aromatic heterocycles. The molecular weight excluding hydrogens is 276 g/mol. The molecule has 1 saturated heterocycles. The molecule has 2 rings (SSSR count). The monoisotopic (exact) mass is 300 g/mol. The van der Waals surface area contributed by atoms with Crippen molar-refractivity contribution < 1.29 is 8.42 Å². The van der Waals surface area contributed by atoms with E-state index in [1.807, 2.05) is 13.8 Å². The van der Waals surface area contributed by atoms with Gasteiger partial charge in [-0.1, -0.05) is 6.42 Å². The highest BCUT2D eigenvalue weighted by Crippen LogP contribution is 2.14. The Morgan fingerprint density at radius 3 is 2.95 bits per heavy atom. The van der Waals surface area contributed by atoms with Gasteiger partial charge in [0, 0.05) is 18.6 Å². The minimum Gasteiger partial charge on any atom is -0.314 e. The molecule has 1 aromatic rings. The van der Waals surface area contributed by atoms with E-state index in [1.165, 1.54) is 23.7 Å². The summed E-state index contributed by atoms with van der Waals surface area (Å²) in [5.74, 6) is 0. The number of piperidine rings is 1. The van der Waals surface area contributed by atoms with E-state index in [9.17, 15) is 8.42 Å². The van der Waals surface area contributed by atoms with Crippen LogP contribution in [0.25, 0.3) is 0 Å². The lowest BCUT2D eigenvalue weighted by Crippen LogP contribution is -2.37. The number of rotatable bonds is 6. The molecule has 1 unspecified atom stereocenters. The molecule has 0 aromatic carbocycles. The van der Waals surface area contributed by atoms with Gasteiger partial charge in [0.25, 0.3) is 10.0 Å². The van der Waals surface area contributed by atoms with Gasteiger partial charge in [-0.05, 0) is 45.7 Å². The predicted molar refractivity (Wildman–Crippen MR) is 78.1 cm³/mol. The average Bonchev–Trinajstić information content (AvgIpc) is 2.90. The van der Waals surface area contributed by atoms with Crippen LogP contribution < -0.4 is 10.0 Å². The Morgan fingerprint density at radius 1 is 1.50 bits per heavy atom. The fourth-order valence-corrected chi connectivity index (χ4v) is 3.79. The molecule has 0 radical (unpaired) electrons. The maximum atomic E-state index is 12.3. The molecule has 6 nitrogen and oxygen atoms in total. The third-order valence-corrected chi connectivity index (χ3v) is 5.05. The van der Waals surface area contributed by atoms with Crippen LogP contribution in [0.3, 0.4) is 0 Å². The van der Waals surface area contributed by atoms with E-state index in [2.05, 4.69) is 15.1 Å². The first kappa shape index (κ1) is 15.5. The third kappa shape index (κ3) is 3.80. The molecule has 1 aliphatic rings. The van der Waals surface area contributed by atoms with Crippen molar-refractivity contribution in [1.29, 1.82) is 0 Å². The number of nitrogens with zero attached hydrogens (tertiary/aromatic N) is 2. The predicted octanol–water partition coefficient (Wildman–Crippen LogP) is 1.27. The lowest BCUT2D eigenvalue weighted by molar-refractivity contribution is 0.382. The maximum Gasteiger partial charge on any atom is 0.257 e. The van der Waals surface area contributed by atoms with Gasteiger partial charge in [0.05, 0.1) is 6.20 Å². The fraction of sp³-hybridized carbons (Fsp3) is 0.769. The Morgan fingerprint density at radius 2 is 2.30 bits per heavy atom. The van der Waals surface area contributed by atoms with Crippen molar-refractivity contribution in [1.82, 2.24) is 19.8 Å². The van der Waals surface area contributed by atoms with Crippen LogP contribution in [-0.2, 0) is 10.0 Å². The van der Waals surface area contributed by atoms with Crippen LogP contribution in [0.4, 0.5) is 0 Å². The summed E-state index contributed by atoms with van der Waals surface area (Å²) in [4.78, 5) is 0. The first-order chi connectivity index (χ1) is 9.50. The summed E-state index contributed by atoms with van der Waals surface area (Å²) >= 11 is 0. The van der Waals surface area contributed by atoms with E-state index < -0.39 is 10.0 Å². The number of sulfonamides is 1. The molecule has 0 aliphatic carbocycles. The highest BCUT2D eigenvalue weighted by atomic mass is 32.2. The molecule has 1 atom stereocenters. The zero-order valence-electron chi connectivity index (χ0n) is 12.2. The Labute approximate surface area is 121 Å². The first-order valence-corrected chi connectivity index (χ1v) is 8.75. The molecule has 7 heteroatoms. The molecule has 0 saturated carbocycles. The van der Waals surface area contributed by atoms with Crippen LogP contribution in [0.2, 0.25) is 0 Å². The second-order valence-corrected chi connectivity index (χ2v) is 7.25. The van der Waals surface area contributed by atoms with E-state index >= 15 is 0 Å². The molecule has 0 bridgehead atoms. The molecule has 1 fully saturated rings. The third-order valence-electron chi connectivity index (χ3n) is 3.60. The number of nitrogens with one attached hydrogen (secondary N) is 2. The quantitative estimate of drug-likeness (QED) is 0.829. The van der Waals surface area contributed by atoms with Crippen molar-refractivity contribution in [3.8, 4) is 0 Å². The summed E-state index contributed by atoms with van der Waals surface area (Å²) in [5.41, 5.74) is 0. The van der Waals surface area contributed by atoms with Gasteiger partial charge in [-0.25, -0.2) is 13.1 Å². The molecule has 0 spiro atoms. The van der Waals surface area contributed by atoms with Crippen molar-refractivity contribution in [2.45, 2.75) is 56.6 Å². The molecule has 1 aliphatic heterocycles. The molecule has 0 amide bonds. The normalized spacial score (nSPS) is 20.4. The second-order valence-electron chi connectivity index (χ2n) is 5.54. The van der Waals surface area contributed by atoms with E-state index in [0.29, 0.717) is 12.6 Å². The van der Waals surface area contributed by atoms with Crippen LogP contribution >= 0.6 is 0 Å². The number of hydrogen-bond acceptors (Lipinski definition) is 4. The Bertz CT molecular complexity index is 518. The Hall–Kier alpha value is -0.920. The first-order valence-electron chi connectivity index (χ1n) is 7.27. The summed E-state index contributed by atoms with van der Waals surface area (Å²) in [6.45, 7) is 5.33. The van der Waals surface area contributed by atoms with Crippen molar-refractivity contribution in [2.24, 2.45) is 0 Å². The van der Waals surface area contributed by atoms with E-state index in [4.69, 9.17) is 0 Å². The van der Waals surface area contributed by atoms with Crippen molar-refractivity contribution >= 4 is 10.0 Å². The lowest BCUT2D eigenvalue weighted by Gasteiger charge is -2.23. The summed E-state index contributed by atoms with van der Waals surface area (Å²) < 4.78 is 28.7. The second kappa shape index (κ2) is 6.69. The lowest BCUT2D eigenvalue weighted by atomic mass is 10.0. The summed E-state index contributed by atoms with van der Waals surface area (Å²) in [5, 5.41) is 7.72. The average molecular weight is 300 g/mol. The fourth-order valence-electron chi connectivity index (χ4n) is 2.51. The van der Waals surface area contributed by atoms with Gasteiger partial charge in [0.15, 0.2) is 5.03 Å². The minimum absolute atomic E-state index is 0.0246. The van der Waals surface area contributed by atoms with Crippen molar-refractivity contribution in [2.75, 3.05) is 13.1 Å². The smallest absolute Gasteiger partial charge is 0.257 e. The highest BCUT2D eigenvalue weighted by molar-refractivity contribution is 7.89.